The summed E-state index contributed by atoms with van der Waals surface area (Å²) in [6.45, 7) is 0. The fourth-order valence-electron chi connectivity index (χ4n) is 1.19. The SMILES string of the molecule is CNC(=O)c1sc(SC)c(C(=O)NC)c1N. The molecule has 0 spiro atoms. The zero-order valence-electron chi connectivity index (χ0n) is 9.21. The van der Waals surface area contributed by atoms with Crippen LogP contribution in [0, 0.1) is 0 Å². The van der Waals surface area contributed by atoms with Gasteiger partial charge in [0.2, 0.25) is 0 Å². The summed E-state index contributed by atoms with van der Waals surface area (Å²) in [6, 6.07) is 0. The number of nitrogens with two attached hydrogens (primary N) is 1. The minimum absolute atomic E-state index is 0.244. The van der Waals surface area contributed by atoms with Gasteiger partial charge < -0.3 is 16.4 Å². The van der Waals surface area contributed by atoms with Crippen molar-refractivity contribution in [3.8, 4) is 0 Å². The average molecular weight is 259 g/mol. The van der Waals surface area contributed by atoms with E-state index in [4.69, 9.17) is 5.73 Å². The molecule has 0 aliphatic rings. The van der Waals surface area contributed by atoms with Crippen molar-refractivity contribution in [2.75, 3.05) is 26.1 Å². The number of amides is 2. The van der Waals surface area contributed by atoms with E-state index in [2.05, 4.69) is 10.6 Å². The van der Waals surface area contributed by atoms with Crippen LogP contribution in [0.2, 0.25) is 0 Å². The Kier molecular flexibility index (Phi) is 4.19. The molecule has 0 fully saturated rings. The third kappa shape index (κ3) is 2.14. The first kappa shape index (κ1) is 12.9. The van der Waals surface area contributed by atoms with Crippen molar-refractivity contribution in [1.82, 2.24) is 10.6 Å². The third-order valence-electron chi connectivity index (χ3n) is 1.99. The predicted molar refractivity (Wildman–Crippen MR) is 67.3 cm³/mol. The van der Waals surface area contributed by atoms with Gasteiger partial charge in [-0.15, -0.1) is 23.1 Å². The first-order valence-corrected chi connectivity index (χ1v) is 6.51. The number of thiophene rings is 1. The smallest absolute Gasteiger partial charge is 0.263 e. The summed E-state index contributed by atoms with van der Waals surface area (Å²) in [5.41, 5.74) is 6.44. The minimum Gasteiger partial charge on any atom is -0.397 e. The van der Waals surface area contributed by atoms with Crippen molar-refractivity contribution < 1.29 is 9.59 Å². The van der Waals surface area contributed by atoms with Crippen LogP contribution in [-0.2, 0) is 0 Å². The summed E-state index contributed by atoms with van der Waals surface area (Å²) in [7, 11) is 3.06. The van der Waals surface area contributed by atoms with Crippen LogP contribution < -0.4 is 16.4 Å². The molecule has 4 N–H and O–H groups in total. The topological polar surface area (TPSA) is 84.2 Å². The van der Waals surface area contributed by atoms with E-state index >= 15 is 0 Å². The first-order valence-electron chi connectivity index (χ1n) is 4.47. The number of nitrogen functional groups attached to an aromatic ring is 1. The van der Waals surface area contributed by atoms with Gasteiger partial charge in [-0.25, -0.2) is 0 Å². The Labute approximate surface area is 102 Å². The van der Waals surface area contributed by atoms with Crippen molar-refractivity contribution in [2.24, 2.45) is 0 Å². The fourth-order valence-corrected chi connectivity index (χ4v) is 3.08. The van der Waals surface area contributed by atoms with E-state index < -0.39 is 0 Å². The Morgan fingerprint density at radius 3 is 2.25 bits per heavy atom. The summed E-state index contributed by atoms with van der Waals surface area (Å²) in [4.78, 5) is 23.5. The number of thioether (sulfide) groups is 1. The number of carbonyl (C=O) groups excluding carboxylic acids is 2. The lowest BCUT2D eigenvalue weighted by Gasteiger charge is -2.01. The zero-order valence-corrected chi connectivity index (χ0v) is 10.8. The molecule has 2 amide bonds. The van der Waals surface area contributed by atoms with Gasteiger partial charge in [0.1, 0.15) is 4.88 Å². The standard InChI is InChI=1S/C9H13N3O2S2/c1-11-7(13)4-5(10)6(8(14)12-2)16-9(4)15-3/h10H2,1-3H3,(H,11,13)(H,12,14). The Morgan fingerprint density at radius 2 is 1.81 bits per heavy atom. The highest BCUT2D eigenvalue weighted by Gasteiger charge is 2.23. The van der Waals surface area contributed by atoms with Crippen molar-refractivity contribution >= 4 is 40.6 Å². The maximum absolute atomic E-state index is 11.6. The van der Waals surface area contributed by atoms with E-state index in [9.17, 15) is 9.59 Å². The van der Waals surface area contributed by atoms with Crippen molar-refractivity contribution in [3.05, 3.63) is 10.4 Å². The molecule has 0 aromatic carbocycles. The molecule has 7 heteroatoms. The van der Waals surface area contributed by atoms with Crippen molar-refractivity contribution in [1.29, 1.82) is 0 Å². The summed E-state index contributed by atoms with van der Waals surface area (Å²) < 4.78 is 0.746. The molecule has 1 heterocycles. The highest BCUT2D eigenvalue weighted by atomic mass is 32.2. The second kappa shape index (κ2) is 5.22. The predicted octanol–water partition coefficient (Wildman–Crippen LogP) is 0.771. The molecule has 5 nitrogen and oxygen atoms in total. The van der Waals surface area contributed by atoms with E-state index in [-0.39, 0.29) is 17.5 Å². The molecule has 0 aliphatic heterocycles. The van der Waals surface area contributed by atoms with E-state index in [1.165, 1.54) is 37.2 Å². The molecule has 0 atom stereocenters. The Balaban J connectivity index is 3.32. The number of nitrogens with one attached hydrogen (secondary N) is 2. The number of hydrogen-bond acceptors (Lipinski definition) is 5. The van der Waals surface area contributed by atoms with Gasteiger partial charge in [0.05, 0.1) is 15.5 Å². The molecule has 1 aromatic heterocycles. The van der Waals surface area contributed by atoms with E-state index in [1.54, 1.807) is 0 Å². The highest BCUT2D eigenvalue weighted by molar-refractivity contribution is 8.00. The van der Waals surface area contributed by atoms with Gasteiger partial charge >= 0.3 is 0 Å². The summed E-state index contributed by atoms with van der Waals surface area (Å²) >= 11 is 2.63. The first-order chi connectivity index (χ1) is 7.56. The molecule has 16 heavy (non-hydrogen) atoms. The summed E-state index contributed by atoms with van der Waals surface area (Å²) in [6.07, 6.45) is 1.84. The van der Waals surface area contributed by atoms with Gasteiger partial charge in [-0.3, -0.25) is 9.59 Å². The molecule has 0 radical (unpaired) electrons. The Morgan fingerprint density at radius 1 is 1.25 bits per heavy atom. The van der Waals surface area contributed by atoms with Crippen LogP contribution in [-0.4, -0.2) is 32.2 Å². The second-order valence-corrected chi connectivity index (χ2v) is 4.97. The van der Waals surface area contributed by atoms with E-state index in [0.717, 1.165) is 4.21 Å². The van der Waals surface area contributed by atoms with E-state index in [1.807, 2.05) is 6.26 Å². The van der Waals surface area contributed by atoms with Gasteiger partial charge in [-0.05, 0) is 6.26 Å². The lowest BCUT2D eigenvalue weighted by molar-refractivity contribution is 0.0960. The molecule has 88 valence electrons. The van der Waals surface area contributed by atoms with Crippen molar-refractivity contribution in [2.45, 2.75) is 4.21 Å². The monoisotopic (exact) mass is 259 g/mol. The van der Waals surface area contributed by atoms with Crippen LogP contribution in [0.5, 0.6) is 0 Å². The Hall–Kier alpha value is -1.21. The lowest BCUT2D eigenvalue weighted by atomic mass is 10.2. The number of carbonyl (C=O) groups is 2. The number of hydrogen-bond donors (Lipinski definition) is 3. The van der Waals surface area contributed by atoms with Gasteiger partial charge in [0.15, 0.2) is 0 Å². The number of rotatable bonds is 3. The molecular formula is C9H13N3O2S2. The van der Waals surface area contributed by atoms with Crippen LogP contribution in [0.3, 0.4) is 0 Å². The zero-order chi connectivity index (χ0) is 12.3. The second-order valence-electron chi connectivity index (χ2n) is 2.87. The quantitative estimate of drug-likeness (QED) is 0.700. The molecular weight excluding hydrogens is 246 g/mol. The normalized spacial score (nSPS) is 9.94. The van der Waals surface area contributed by atoms with Gasteiger partial charge in [0.25, 0.3) is 11.8 Å². The molecule has 1 aromatic rings. The minimum atomic E-state index is -0.270. The molecule has 0 bridgehead atoms. The molecule has 0 unspecified atom stereocenters. The van der Waals surface area contributed by atoms with Crippen molar-refractivity contribution in [3.63, 3.8) is 0 Å². The van der Waals surface area contributed by atoms with Crippen LogP contribution in [0.25, 0.3) is 0 Å². The summed E-state index contributed by atoms with van der Waals surface area (Å²) in [5, 5.41) is 5.00. The fraction of sp³-hybridized carbons (Fsp3) is 0.333. The molecule has 1 rings (SSSR count). The van der Waals surface area contributed by atoms with Crippen LogP contribution in [0.15, 0.2) is 4.21 Å². The molecule has 0 saturated carbocycles. The maximum atomic E-state index is 11.6. The van der Waals surface area contributed by atoms with Crippen LogP contribution >= 0.6 is 23.1 Å². The van der Waals surface area contributed by atoms with Crippen LogP contribution in [0.1, 0.15) is 20.0 Å². The largest absolute Gasteiger partial charge is 0.397 e. The van der Waals surface area contributed by atoms with Crippen LogP contribution in [0.4, 0.5) is 5.69 Å². The van der Waals surface area contributed by atoms with E-state index in [0.29, 0.717) is 10.4 Å². The maximum Gasteiger partial charge on any atom is 0.263 e. The van der Waals surface area contributed by atoms with Gasteiger partial charge in [-0.2, -0.15) is 0 Å². The highest BCUT2D eigenvalue weighted by Crippen LogP contribution is 2.36. The molecule has 0 saturated heterocycles. The lowest BCUT2D eigenvalue weighted by Crippen LogP contribution is -2.21. The molecule has 0 aliphatic carbocycles. The third-order valence-corrected chi connectivity index (χ3v) is 4.31. The van der Waals surface area contributed by atoms with Gasteiger partial charge in [-0.1, -0.05) is 0 Å². The summed E-state index contributed by atoms with van der Waals surface area (Å²) in [5.74, 6) is -0.541. The average Bonchev–Trinajstić information content (AvgIpc) is 2.64. The Bertz CT molecular complexity index is 429. The number of anilines is 1. The van der Waals surface area contributed by atoms with Gasteiger partial charge in [0, 0.05) is 14.1 Å².